The third kappa shape index (κ3) is 4.04. The Kier molecular flexibility index (Phi) is 5.43. The van der Waals surface area contributed by atoms with Gasteiger partial charge in [-0.2, -0.15) is 0 Å². The van der Waals surface area contributed by atoms with Crippen molar-refractivity contribution in [1.82, 2.24) is 4.90 Å². The molecule has 2 atom stereocenters. The maximum atomic E-state index is 10.3. The lowest BCUT2D eigenvalue weighted by Gasteiger charge is -2.20. The van der Waals surface area contributed by atoms with Crippen LogP contribution in [-0.2, 0) is 0 Å². The number of aliphatic hydroxyl groups excluding tert-OH is 1. The van der Waals surface area contributed by atoms with Gasteiger partial charge < -0.3 is 10.0 Å². The maximum absolute atomic E-state index is 10.3. The molecule has 2 unspecified atom stereocenters. The van der Waals surface area contributed by atoms with E-state index in [2.05, 4.69) is 34.7 Å². The molecule has 1 aliphatic heterocycles. The predicted molar refractivity (Wildman–Crippen MR) is 83.1 cm³/mol. The molecule has 3 heteroatoms. The summed E-state index contributed by atoms with van der Waals surface area (Å²) in [6, 6.07) is 7.95. The van der Waals surface area contributed by atoms with Crippen molar-refractivity contribution in [3.63, 3.8) is 0 Å². The average molecular weight is 326 g/mol. The number of nitrogens with zero attached hydrogens (tertiary/aromatic N) is 1. The molecule has 1 N–H and O–H groups in total. The first-order valence-electron chi connectivity index (χ1n) is 7.22. The van der Waals surface area contributed by atoms with Crippen LogP contribution in [0.3, 0.4) is 0 Å². The Hall–Kier alpha value is -0.380. The van der Waals surface area contributed by atoms with Gasteiger partial charge in [-0.25, -0.2) is 0 Å². The highest BCUT2D eigenvalue weighted by Gasteiger charge is 2.25. The van der Waals surface area contributed by atoms with Gasteiger partial charge in [0.25, 0.3) is 0 Å². The second kappa shape index (κ2) is 6.87. The molecule has 0 saturated carbocycles. The van der Waals surface area contributed by atoms with Crippen LogP contribution in [0, 0.1) is 11.8 Å². The maximum Gasteiger partial charge on any atom is 0.0813 e. The first-order valence-corrected chi connectivity index (χ1v) is 8.02. The summed E-state index contributed by atoms with van der Waals surface area (Å²) in [4.78, 5) is 2.49. The van der Waals surface area contributed by atoms with Gasteiger partial charge in [0, 0.05) is 17.6 Å². The average Bonchev–Trinajstić information content (AvgIpc) is 2.85. The van der Waals surface area contributed by atoms with Crippen LogP contribution >= 0.6 is 15.9 Å². The third-order valence-electron chi connectivity index (χ3n) is 4.23. The minimum absolute atomic E-state index is 0.367. The Morgan fingerprint density at radius 1 is 1.37 bits per heavy atom. The summed E-state index contributed by atoms with van der Waals surface area (Å²) in [5, 5.41) is 10.3. The van der Waals surface area contributed by atoms with Gasteiger partial charge >= 0.3 is 0 Å². The van der Waals surface area contributed by atoms with E-state index in [9.17, 15) is 5.11 Å². The first-order chi connectivity index (χ1) is 9.08. The van der Waals surface area contributed by atoms with Crippen molar-refractivity contribution in [2.24, 2.45) is 11.8 Å². The molecule has 0 amide bonds. The van der Waals surface area contributed by atoms with Crippen LogP contribution in [0.4, 0.5) is 0 Å². The van der Waals surface area contributed by atoms with E-state index in [4.69, 9.17) is 0 Å². The molecule has 0 bridgehead atoms. The monoisotopic (exact) mass is 325 g/mol. The largest absolute Gasteiger partial charge is 0.388 e. The van der Waals surface area contributed by atoms with E-state index in [1.807, 2.05) is 24.3 Å². The summed E-state index contributed by atoms with van der Waals surface area (Å²) in [5.41, 5.74) is 1.00. The highest BCUT2D eigenvalue weighted by molar-refractivity contribution is 9.10. The molecule has 0 aromatic heterocycles. The third-order valence-corrected chi connectivity index (χ3v) is 4.96. The number of halogens is 1. The van der Waals surface area contributed by atoms with Crippen molar-refractivity contribution >= 4 is 15.9 Å². The standard InChI is InChI=1S/C16H24BrNO/c1-12(2)13-7-9-18(11-13)10-8-16(19)14-5-3-4-6-15(14)17/h3-6,12-13,16,19H,7-11H2,1-2H3. The van der Waals surface area contributed by atoms with Gasteiger partial charge in [-0.05, 0) is 42.9 Å². The van der Waals surface area contributed by atoms with Crippen LogP contribution in [-0.4, -0.2) is 29.6 Å². The van der Waals surface area contributed by atoms with Crippen molar-refractivity contribution < 1.29 is 5.11 Å². The van der Waals surface area contributed by atoms with Gasteiger partial charge in [-0.15, -0.1) is 0 Å². The van der Waals surface area contributed by atoms with E-state index in [1.165, 1.54) is 19.5 Å². The number of likely N-dealkylation sites (tertiary alicyclic amines) is 1. The van der Waals surface area contributed by atoms with Gasteiger partial charge in [0.1, 0.15) is 0 Å². The van der Waals surface area contributed by atoms with Gasteiger partial charge in [-0.3, -0.25) is 0 Å². The van der Waals surface area contributed by atoms with Gasteiger partial charge in [0.15, 0.2) is 0 Å². The Balaban J connectivity index is 1.82. The molecule has 1 fully saturated rings. The summed E-state index contributed by atoms with van der Waals surface area (Å²) in [6.07, 6.45) is 1.75. The molecular weight excluding hydrogens is 302 g/mol. The molecule has 2 rings (SSSR count). The molecule has 0 aliphatic carbocycles. The second-order valence-corrected chi connectivity index (χ2v) is 6.77. The minimum Gasteiger partial charge on any atom is -0.388 e. The second-order valence-electron chi connectivity index (χ2n) is 5.92. The Bertz CT molecular complexity index is 407. The van der Waals surface area contributed by atoms with E-state index < -0.39 is 0 Å². The van der Waals surface area contributed by atoms with Gasteiger partial charge in [0.05, 0.1) is 6.10 Å². The van der Waals surface area contributed by atoms with E-state index in [0.717, 1.165) is 34.8 Å². The first kappa shape index (κ1) is 15.0. The van der Waals surface area contributed by atoms with Crippen molar-refractivity contribution in [3.05, 3.63) is 34.3 Å². The normalized spacial score (nSPS) is 22.1. The van der Waals surface area contributed by atoms with Crippen LogP contribution in [0.2, 0.25) is 0 Å². The number of benzene rings is 1. The molecule has 106 valence electrons. The lowest BCUT2D eigenvalue weighted by atomic mass is 9.95. The predicted octanol–water partition coefficient (Wildman–Crippen LogP) is 3.85. The molecular formula is C16H24BrNO. The van der Waals surface area contributed by atoms with E-state index in [-0.39, 0.29) is 6.10 Å². The van der Waals surface area contributed by atoms with Gasteiger partial charge in [0.2, 0.25) is 0 Å². The highest BCUT2D eigenvalue weighted by Crippen LogP contribution is 2.27. The smallest absolute Gasteiger partial charge is 0.0813 e. The fourth-order valence-corrected chi connectivity index (χ4v) is 3.36. The summed E-state index contributed by atoms with van der Waals surface area (Å²) in [6.45, 7) is 7.99. The number of rotatable bonds is 5. The van der Waals surface area contributed by atoms with Crippen LogP contribution < -0.4 is 0 Å². The van der Waals surface area contributed by atoms with Crippen molar-refractivity contribution in [3.8, 4) is 0 Å². The van der Waals surface area contributed by atoms with Crippen LogP contribution in [0.5, 0.6) is 0 Å². The molecule has 1 saturated heterocycles. The van der Waals surface area contributed by atoms with E-state index in [1.54, 1.807) is 0 Å². The Labute approximate surface area is 124 Å². The van der Waals surface area contributed by atoms with Crippen LogP contribution in [0.25, 0.3) is 0 Å². The zero-order valence-electron chi connectivity index (χ0n) is 11.8. The molecule has 2 nitrogen and oxygen atoms in total. The topological polar surface area (TPSA) is 23.5 Å². The molecule has 1 aromatic rings. The molecule has 0 radical (unpaired) electrons. The van der Waals surface area contributed by atoms with Gasteiger partial charge in [-0.1, -0.05) is 48.0 Å². The number of hydrogen-bond donors (Lipinski definition) is 1. The zero-order valence-corrected chi connectivity index (χ0v) is 13.4. The molecule has 1 aromatic carbocycles. The lowest BCUT2D eigenvalue weighted by molar-refractivity contribution is 0.146. The van der Waals surface area contributed by atoms with Crippen molar-refractivity contribution in [2.75, 3.05) is 19.6 Å². The Morgan fingerprint density at radius 3 is 2.74 bits per heavy atom. The van der Waals surface area contributed by atoms with Crippen molar-refractivity contribution in [1.29, 1.82) is 0 Å². The summed E-state index contributed by atoms with van der Waals surface area (Å²) in [7, 11) is 0. The SMILES string of the molecule is CC(C)C1CCN(CCC(O)c2ccccc2Br)C1. The fraction of sp³-hybridized carbons (Fsp3) is 0.625. The Morgan fingerprint density at radius 2 is 2.11 bits per heavy atom. The molecule has 1 heterocycles. The van der Waals surface area contributed by atoms with E-state index in [0.29, 0.717) is 0 Å². The quantitative estimate of drug-likeness (QED) is 0.888. The van der Waals surface area contributed by atoms with Crippen LogP contribution in [0.1, 0.15) is 38.4 Å². The number of hydrogen-bond acceptors (Lipinski definition) is 2. The summed E-state index contributed by atoms with van der Waals surface area (Å²) < 4.78 is 1.00. The van der Waals surface area contributed by atoms with Crippen LogP contribution in [0.15, 0.2) is 28.7 Å². The highest BCUT2D eigenvalue weighted by atomic mass is 79.9. The van der Waals surface area contributed by atoms with Crippen molar-refractivity contribution in [2.45, 2.75) is 32.8 Å². The van der Waals surface area contributed by atoms with E-state index >= 15 is 0 Å². The summed E-state index contributed by atoms with van der Waals surface area (Å²) >= 11 is 3.51. The summed E-state index contributed by atoms with van der Waals surface area (Å²) in [5.74, 6) is 1.61. The fourth-order valence-electron chi connectivity index (χ4n) is 2.82. The number of aliphatic hydroxyl groups is 1. The lowest BCUT2D eigenvalue weighted by Crippen LogP contribution is -2.24. The minimum atomic E-state index is -0.367. The molecule has 0 spiro atoms. The zero-order chi connectivity index (χ0) is 13.8. The molecule has 1 aliphatic rings. The molecule has 19 heavy (non-hydrogen) atoms.